The van der Waals surface area contributed by atoms with Crippen LogP contribution in [0.4, 0.5) is 0 Å². The van der Waals surface area contributed by atoms with Crippen LogP contribution in [0.2, 0.25) is 9.36 Å². The van der Waals surface area contributed by atoms with Crippen LogP contribution < -0.4 is 5.32 Å². The van der Waals surface area contributed by atoms with Crippen LogP contribution in [0.15, 0.2) is 23.6 Å². The maximum Gasteiger partial charge on any atom is 0.255 e. The number of sulfonamides is 1. The first-order valence-corrected chi connectivity index (χ1v) is 13.5. The third-order valence-corrected chi connectivity index (χ3v) is 9.70. The van der Waals surface area contributed by atoms with Crippen molar-refractivity contribution in [2.24, 2.45) is 0 Å². The predicted octanol–water partition coefficient (Wildman–Crippen LogP) is 4.65. The molecule has 1 fully saturated rings. The van der Waals surface area contributed by atoms with Gasteiger partial charge in [0.15, 0.2) is 0 Å². The minimum Gasteiger partial charge on any atom is -0.349 e. The maximum absolute atomic E-state index is 12.9. The van der Waals surface area contributed by atoms with E-state index in [0.29, 0.717) is 41.7 Å². The lowest BCUT2D eigenvalue weighted by molar-refractivity contribution is 0.0893. The summed E-state index contributed by atoms with van der Waals surface area (Å²) in [5.41, 5.74) is 1.50. The Morgan fingerprint density at radius 1 is 1.32 bits per heavy atom. The molecule has 0 unspecified atom stereocenters. The number of halogens is 2. The summed E-state index contributed by atoms with van der Waals surface area (Å²) in [7, 11) is -3.28. The molecule has 3 rings (SSSR count). The highest BCUT2D eigenvalue weighted by atomic mass is 35.5. The van der Waals surface area contributed by atoms with Crippen LogP contribution in [0.1, 0.15) is 54.9 Å². The van der Waals surface area contributed by atoms with Gasteiger partial charge in [-0.15, -0.1) is 11.3 Å². The molecule has 170 valence electrons. The summed E-state index contributed by atoms with van der Waals surface area (Å²) < 4.78 is 27.1. The van der Waals surface area contributed by atoms with Crippen molar-refractivity contribution in [1.29, 1.82) is 0 Å². The Morgan fingerprint density at radius 3 is 2.55 bits per heavy atom. The summed E-state index contributed by atoms with van der Waals surface area (Å²) >= 11 is 13.5. The van der Waals surface area contributed by atoms with Gasteiger partial charge >= 0.3 is 0 Å². The van der Waals surface area contributed by atoms with Crippen LogP contribution >= 0.6 is 34.5 Å². The number of aryl methyl sites for hydroxylation is 1. The van der Waals surface area contributed by atoms with E-state index in [1.165, 1.54) is 11.3 Å². The molecule has 1 atom stereocenters. The van der Waals surface area contributed by atoms with E-state index in [1.807, 2.05) is 39.0 Å². The average Bonchev–Trinajstić information content (AvgIpc) is 3.06. The van der Waals surface area contributed by atoms with E-state index >= 15 is 0 Å². The SMILES string of the molecule is CCCS(=O)(=O)N1CCC(c2cccc(C)n2)([C@H](C)NC(=O)c2c(Cl)csc2Cl)CC1. The molecule has 0 aromatic carbocycles. The van der Waals surface area contributed by atoms with Gasteiger partial charge in [0, 0.05) is 41.3 Å². The summed E-state index contributed by atoms with van der Waals surface area (Å²) in [6, 6.07) is 5.51. The molecule has 2 aromatic heterocycles. The van der Waals surface area contributed by atoms with E-state index < -0.39 is 15.4 Å². The lowest BCUT2D eigenvalue weighted by atomic mass is 9.70. The molecule has 1 aliphatic heterocycles. The summed E-state index contributed by atoms with van der Waals surface area (Å²) in [6.07, 6.45) is 1.69. The molecule has 1 aliphatic rings. The van der Waals surface area contributed by atoms with Crippen molar-refractivity contribution in [2.75, 3.05) is 18.8 Å². The smallest absolute Gasteiger partial charge is 0.255 e. The van der Waals surface area contributed by atoms with E-state index in [9.17, 15) is 13.2 Å². The molecule has 0 bridgehead atoms. The van der Waals surface area contributed by atoms with Gasteiger partial charge in [-0.2, -0.15) is 0 Å². The first kappa shape index (κ1) is 24.5. The van der Waals surface area contributed by atoms with Gasteiger partial charge in [0.2, 0.25) is 10.0 Å². The Hall–Kier alpha value is -1.19. The standard InChI is InChI=1S/C21H27Cl2N3O3S2/c1-4-12-31(28,29)26-10-8-21(9-11-26,17-7-5-6-14(2)24-17)15(3)25-20(27)18-16(22)13-30-19(18)23/h5-7,13,15H,4,8-12H2,1-3H3,(H,25,27)/t15-/m0/s1. The largest absolute Gasteiger partial charge is 0.349 e. The zero-order valence-corrected chi connectivity index (χ0v) is 21.0. The number of hydrogen-bond donors (Lipinski definition) is 1. The number of piperidine rings is 1. The lowest BCUT2D eigenvalue weighted by Crippen LogP contribution is -2.55. The van der Waals surface area contributed by atoms with Crippen molar-refractivity contribution < 1.29 is 13.2 Å². The zero-order chi connectivity index (χ0) is 22.8. The van der Waals surface area contributed by atoms with E-state index in [4.69, 9.17) is 28.2 Å². The fourth-order valence-corrected chi connectivity index (χ4v) is 7.10. The molecule has 0 saturated carbocycles. The van der Waals surface area contributed by atoms with Crippen molar-refractivity contribution in [2.45, 2.75) is 51.5 Å². The number of amides is 1. The molecule has 6 nitrogen and oxygen atoms in total. The molecule has 0 radical (unpaired) electrons. The molecular weight excluding hydrogens is 477 g/mol. The fourth-order valence-electron chi connectivity index (χ4n) is 4.20. The third-order valence-electron chi connectivity index (χ3n) is 5.97. The fraction of sp³-hybridized carbons (Fsp3) is 0.524. The number of carbonyl (C=O) groups excluding carboxylic acids is 1. The van der Waals surface area contributed by atoms with Crippen molar-refractivity contribution in [1.82, 2.24) is 14.6 Å². The molecule has 0 spiro atoms. The van der Waals surface area contributed by atoms with Gasteiger partial charge in [0.1, 0.15) is 4.34 Å². The number of pyridine rings is 1. The lowest BCUT2D eigenvalue weighted by Gasteiger charge is -2.45. The molecule has 31 heavy (non-hydrogen) atoms. The second-order valence-electron chi connectivity index (χ2n) is 7.96. The minimum atomic E-state index is -3.28. The molecule has 1 saturated heterocycles. The molecule has 0 aliphatic carbocycles. The van der Waals surface area contributed by atoms with Gasteiger partial charge in [-0.05, 0) is 45.2 Å². The topological polar surface area (TPSA) is 79.4 Å². The van der Waals surface area contributed by atoms with E-state index in [0.717, 1.165) is 11.4 Å². The van der Waals surface area contributed by atoms with Gasteiger partial charge in [-0.25, -0.2) is 12.7 Å². The van der Waals surface area contributed by atoms with Crippen LogP contribution in [-0.2, 0) is 15.4 Å². The van der Waals surface area contributed by atoms with Crippen LogP contribution in [-0.4, -0.2) is 48.5 Å². The Balaban J connectivity index is 1.90. The van der Waals surface area contributed by atoms with Crippen LogP contribution in [0, 0.1) is 6.92 Å². The first-order valence-electron chi connectivity index (χ1n) is 10.3. The molecule has 1 N–H and O–H groups in total. The van der Waals surface area contributed by atoms with Crippen molar-refractivity contribution in [3.05, 3.63) is 49.9 Å². The monoisotopic (exact) mass is 503 g/mol. The van der Waals surface area contributed by atoms with Crippen molar-refractivity contribution in [3.63, 3.8) is 0 Å². The summed E-state index contributed by atoms with van der Waals surface area (Å²) in [6.45, 7) is 6.50. The number of rotatable bonds is 7. The molecule has 10 heteroatoms. The number of carbonyl (C=O) groups is 1. The molecule has 1 amide bonds. The second-order valence-corrected chi connectivity index (χ2v) is 11.9. The Labute approximate surface area is 198 Å². The first-order chi connectivity index (χ1) is 14.6. The highest BCUT2D eigenvalue weighted by Gasteiger charge is 2.45. The summed E-state index contributed by atoms with van der Waals surface area (Å²) in [4.78, 5) is 17.7. The van der Waals surface area contributed by atoms with Gasteiger partial charge in [-0.1, -0.05) is 36.2 Å². The predicted molar refractivity (Wildman–Crippen MR) is 127 cm³/mol. The number of hydrogen-bond acceptors (Lipinski definition) is 5. The molecular formula is C21H27Cl2N3O3S2. The maximum atomic E-state index is 12.9. The molecule has 3 heterocycles. The normalized spacial score (nSPS) is 18.0. The van der Waals surface area contributed by atoms with Crippen LogP contribution in [0.3, 0.4) is 0 Å². The highest BCUT2D eigenvalue weighted by Crippen LogP contribution is 2.39. The van der Waals surface area contributed by atoms with Crippen LogP contribution in [0.25, 0.3) is 0 Å². The van der Waals surface area contributed by atoms with Gasteiger partial charge in [-0.3, -0.25) is 9.78 Å². The van der Waals surface area contributed by atoms with Gasteiger partial charge < -0.3 is 5.32 Å². The summed E-state index contributed by atoms with van der Waals surface area (Å²) in [5, 5.41) is 5.02. The average molecular weight is 505 g/mol. The van der Waals surface area contributed by atoms with E-state index in [1.54, 1.807) is 9.69 Å². The van der Waals surface area contributed by atoms with Crippen molar-refractivity contribution in [3.8, 4) is 0 Å². The van der Waals surface area contributed by atoms with Crippen LogP contribution in [0.5, 0.6) is 0 Å². The number of nitrogens with one attached hydrogen (secondary N) is 1. The minimum absolute atomic E-state index is 0.143. The second kappa shape index (κ2) is 9.75. The number of nitrogens with zero attached hydrogens (tertiary/aromatic N) is 2. The Kier molecular flexibility index (Phi) is 7.69. The number of thiophene rings is 1. The Bertz CT molecular complexity index is 1030. The van der Waals surface area contributed by atoms with Crippen molar-refractivity contribution >= 4 is 50.5 Å². The quantitative estimate of drug-likeness (QED) is 0.596. The zero-order valence-electron chi connectivity index (χ0n) is 17.8. The summed E-state index contributed by atoms with van der Waals surface area (Å²) in [5.74, 6) is -0.193. The Morgan fingerprint density at radius 2 is 2.00 bits per heavy atom. The van der Waals surface area contributed by atoms with E-state index in [2.05, 4.69) is 5.32 Å². The van der Waals surface area contributed by atoms with Gasteiger partial charge in [0.25, 0.3) is 5.91 Å². The molecule has 2 aromatic rings. The number of aromatic nitrogens is 1. The van der Waals surface area contributed by atoms with E-state index in [-0.39, 0.29) is 23.3 Å². The third kappa shape index (κ3) is 5.09. The highest BCUT2D eigenvalue weighted by molar-refractivity contribution is 7.89. The van der Waals surface area contributed by atoms with Gasteiger partial charge in [0.05, 0.1) is 16.3 Å².